The van der Waals surface area contributed by atoms with Crippen molar-refractivity contribution < 1.29 is 9.18 Å². The lowest BCUT2D eigenvalue weighted by atomic mass is 10.2. The number of nitrogens with two attached hydrogens (primary N) is 1. The average molecular weight is 344 g/mol. The Bertz CT molecular complexity index is 643. The molecule has 120 valence electrons. The number of halogens is 2. The molecule has 3 N–H and O–H groups in total. The smallest absolute Gasteiger partial charge is 0.237 e. The van der Waals surface area contributed by atoms with Gasteiger partial charge in [0.25, 0.3) is 0 Å². The SMILES string of the molecule is Cc1nc(-c2ccc(F)cc2)sc1C(C)NC(=O)[C@H](C)N.Cl. The van der Waals surface area contributed by atoms with Gasteiger partial charge >= 0.3 is 0 Å². The monoisotopic (exact) mass is 343 g/mol. The molecule has 0 fully saturated rings. The number of aromatic nitrogens is 1. The second-order valence-electron chi connectivity index (χ2n) is 4.99. The number of hydrogen-bond donors (Lipinski definition) is 2. The van der Waals surface area contributed by atoms with E-state index in [-0.39, 0.29) is 30.2 Å². The Kier molecular flexibility index (Phi) is 6.47. The first-order valence-corrected chi connectivity index (χ1v) is 7.49. The summed E-state index contributed by atoms with van der Waals surface area (Å²) in [7, 11) is 0. The number of carbonyl (C=O) groups is 1. The van der Waals surface area contributed by atoms with Crippen LogP contribution in [0.2, 0.25) is 0 Å². The average Bonchev–Trinajstić information content (AvgIpc) is 2.81. The lowest BCUT2D eigenvalue weighted by Gasteiger charge is -2.14. The maximum Gasteiger partial charge on any atom is 0.237 e. The Balaban J connectivity index is 0.00000242. The highest BCUT2D eigenvalue weighted by Gasteiger charge is 2.18. The molecule has 0 bridgehead atoms. The van der Waals surface area contributed by atoms with E-state index in [2.05, 4.69) is 10.3 Å². The number of nitrogens with zero attached hydrogens (tertiary/aromatic N) is 1. The van der Waals surface area contributed by atoms with Crippen LogP contribution in [0.15, 0.2) is 24.3 Å². The van der Waals surface area contributed by atoms with Crippen LogP contribution in [-0.4, -0.2) is 16.9 Å². The number of carbonyl (C=O) groups excluding carboxylic acids is 1. The van der Waals surface area contributed by atoms with E-state index in [1.807, 2.05) is 13.8 Å². The summed E-state index contributed by atoms with van der Waals surface area (Å²) in [6.07, 6.45) is 0. The molecule has 0 saturated heterocycles. The van der Waals surface area contributed by atoms with Crippen LogP contribution in [-0.2, 0) is 4.79 Å². The second-order valence-corrected chi connectivity index (χ2v) is 6.03. The largest absolute Gasteiger partial charge is 0.347 e. The van der Waals surface area contributed by atoms with Crippen molar-refractivity contribution in [1.82, 2.24) is 10.3 Å². The standard InChI is InChI=1S/C15H18FN3OS.ClH/c1-8(17)14(20)18-9(2)13-10(3)19-15(21-13)11-4-6-12(16)7-5-11;/h4-9H,17H2,1-3H3,(H,18,20);1H/t8-,9?;/m0./s1. The summed E-state index contributed by atoms with van der Waals surface area (Å²) >= 11 is 1.49. The molecule has 22 heavy (non-hydrogen) atoms. The molecule has 7 heteroatoms. The topological polar surface area (TPSA) is 68.0 Å². The summed E-state index contributed by atoms with van der Waals surface area (Å²) in [5, 5.41) is 3.67. The summed E-state index contributed by atoms with van der Waals surface area (Å²) in [6.45, 7) is 5.44. The van der Waals surface area contributed by atoms with Crippen molar-refractivity contribution in [2.45, 2.75) is 32.9 Å². The zero-order valence-electron chi connectivity index (χ0n) is 12.6. The van der Waals surface area contributed by atoms with Crippen molar-refractivity contribution >= 4 is 29.7 Å². The van der Waals surface area contributed by atoms with Gasteiger partial charge in [-0.25, -0.2) is 9.37 Å². The normalized spacial score (nSPS) is 13.1. The lowest BCUT2D eigenvalue weighted by Crippen LogP contribution is -2.39. The molecule has 2 aromatic rings. The maximum atomic E-state index is 13.0. The first-order chi connectivity index (χ1) is 9.88. The van der Waals surface area contributed by atoms with Crippen molar-refractivity contribution in [1.29, 1.82) is 0 Å². The molecule has 1 unspecified atom stereocenters. The van der Waals surface area contributed by atoms with Crippen LogP contribution < -0.4 is 11.1 Å². The van der Waals surface area contributed by atoms with Crippen LogP contribution in [0.1, 0.15) is 30.5 Å². The van der Waals surface area contributed by atoms with Crippen molar-refractivity contribution in [2.75, 3.05) is 0 Å². The summed E-state index contributed by atoms with van der Waals surface area (Å²) < 4.78 is 13.0. The van der Waals surface area contributed by atoms with E-state index in [1.165, 1.54) is 23.5 Å². The molecule has 2 atom stereocenters. The number of nitrogens with one attached hydrogen (secondary N) is 1. The molecule has 1 aromatic heterocycles. The highest BCUT2D eigenvalue weighted by molar-refractivity contribution is 7.15. The molecule has 4 nitrogen and oxygen atoms in total. The molecule has 0 aliphatic heterocycles. The van der Waals surface area contributed by atoms with E-state index in [9.17, 15) is 9.18 Å². The van der Waals surface area contributed by atoms with E-state index in [0.717, 1.165) is 21.1 Å². The third kappa shape index (κ3) is 4.25. The molecule has 1 amide bonds. The number of rotatable bonds is 4. The predicted octanol–water partition coefficient (Wildman–Crippen LogP) is 3.20. The fraction of sp³-hybridized carbons (Fsp3) is 0.333. The van der Waals surface area contributed by atoms with Gasteiger partial charge in [-0.3, -0.25) is 4.79 Å². The van der Waals surface area contributed by atoms with Crippen molar-refractivity contribution in [3.8, 4) is 10.6 Å². The minimum Gasteiger partial charge on any atom is -0.347 e. The molecule has 0 spiro atoms. The van der Waals surface area contributed by atoms with Crippen LogP contribution in [0.3, 0.4) is 0 Å². The van der Waals surface area contributed by atoms with Crippen LogP contribution in [0.4, 0.5) is 4.39 Å². The van der Waals surface area contributed by atoms with Gasteiger partial charge in [-0.2, -0.15) is 0 Å². The Morgan fingerprint density at radius 3 is 2.45 bits per heavy atom. The molecule has 1 aromatic carbocycles. The van der Waals surface area contributed by atoms with Gasteiger partial charge in [-0.1, -0.05) is 0 Å². The minimum absolute atomic E-state index is 0. The molecule has 1 heterocycles. The minimum atomic E-state index is -0.544. The summed E-state index contributed by atoms with van der Waals surface area (Å²) in [4.78, 5) is 17.1. The Morgan fingerprint density at radius 1 is 1.32 bits per heavy atom. The Hall–Kier alpha value is -1.50. The number of amides is 1. The van der Waals surface area contributed by atoms with Gasteiger partial charge in [0.2, 0.25) is 5.91 Å². The van der Waals surface area contributed by atoms with Crippen LogP contribution in [0.5, 0.6) is 0 Å². The van der Waals surface area contributed by atoms with Gasteiger partial charge in [-0.15, -0.1) is 23.7 Å². The van der Waals surface area contributed by atoms with E-state index in [0.29, 0.717) is 0 Å². The summed E-state index contributed by atoms with van der Waals surface area (Å²) in [6, 6.07) is 5.51. The number of aryl methyl sites for hydroxylation is 1. The van der Waals surface area contributed by atoms with E-state index < -0.39 is 6.04 Å². The first kappa shape index (κ1) is 18.5. The quantitative estimate of drug-likeness (QED) is 0.895. The Labute approximate surface area is 139 Å². The first-order valence-electron chi connectivity index (χ1n) is 6.67. The van der Waals surface area contributed by atoms with Crippen LogP contribution >= 0.6 is 23.7 Å². The molecular formula is C15H19ClFN3OS. The third-order valence-electron chi connectivity index (χ3n) is 3.09. The molecule has 0 radical (unpaired) electrons. The zero-order chi connectivity index (χ0) is 15.6. The molecular weight excluding hydrogens is 325 g/mol. The molecule has 2 rings (SSSR count). The van der Waals surface area contributed by atoms with Crippen LogP contribution in [0.25, 0.3) is 10.6 Å². The van der Waals surface area contributed by atoms with Gasteiger partial charge in [0, 0.05) is 5.56 Å². The maximum absolute atomic E-state index is 13.0. The van der Waals surface area contributed by atoms with Gasteiger partial charge in [-0.05, 0) is 45.0 Å². The van der Waals surface area contributed by atoms with Gasteiger partial charge in [0.15, 0.2) is 0 Å². The fourth-order valence-corrected chi connectivity index (χ4v) is 3.01. The van der Waals surface area contributed by atoms with Crippen molar-refractivity contribution in [3.05, 3.63) is 40.7 Å². The lowest BCUT2D eigenvalue weighted by molar-refractivity contribution is -0.122. The number of hydrogen-bond acceptors (Lipinski definition) is 4. The van der Waals surface area contributed by atoms with Gasteiger partial charge in [0.05, 0.1) is 22.7 Å². The number of thiazole rings is 1. The van der Waals surface area contributed by atoms with Gasteiger partial charge in [0.1, 0.15) is 10.8 Å². The van der Waals surface area contributed by atoms with E-state index in [1.54, 1.807) is 19.1 Å². The molecule has 0 aliphatic carbocycles. The predicted molar refractivity (Wildman–Crippen MR) is 89.7 cm³/mol. The fourth-order valence-electron chi connectivity index (χ4n) is 1.94. The molecule has 0 saturated carbocycles. The van der Waals surface area contributed by atoms with Crippen LogP contribution in [0, 0.1) is 12.7 Å². The van der Waals surface area contributed by atoms with E-state index in [4.69, 9.17) is 5.73 Å². The highest BCUT2D eigenvalue weighted by atomic mass is 35.5. The molecule has 0 aliphatic rings. The highest BCUT2D eigenvalue weighted by Crippen LogP contribution is 2.31. The Morgan fingerprint density at radius 2 is 1.91 bits per heavy atom. The number of benzene rings is 1. The third-order valence-corrected chi connectivity index (χ3v) is 4.48. The second kappa shape index (κ2) is 7.67. The van der Waals surface area contributed by atoms with Crippen molar-refractivity contribution in [2.24, 2.45) is 5.73 Å². The summed E-state index contributed by atoms with van der Waals surface area (Å²) in [5.41, 5.74) is 7.27. The summed E-state index contributed by atoms with van der Waals surface area (Å²) in [5.74, 6) is -0.469. The van der Waals surface area contributed by atoms with Crippen molar-refractivity contribution in [3.63, 3.8) is 0 Å². The van der Waals surface area contributed by atoms with Gasteiger partial charge < -0.3 is 11.1 Å². The zero-order valence-corrected chi connectivity index (χ0v) is 14.2. The van der Waals surface area contributed by atoms with E-state index >= 15 is 0 Å².